The molecule has 0 radical (unpaired) electrons. The predicted molar refractivity (Wildman–Crippen MR) is 148 cm³/mol. The SMILES string of the molecule is C/C1=C\CC/C(C=O)=C\[C@H](OC(=O)c2cc3c(c4c2c(N(O)O)cc2ccccc24)OCO3)C/C(C)=C/CC1. The lowest BCUT2D eigenvalue weighted by Gasteiger charge is -2.20. The Morgan fingerprint density at radius 1 is 1.03 bits per heavy atom. The second-order valence-corrected chi connectivity index (χ2v) is 10.00. The van der Waals surface area contributed by atoms with Crippen LogP contribution < -0.4 is 14.7 Å². The van der Waals surface area contributed by atoms with Crippen molar-refractivity contribution < 1.29 is 34.2 Å². The summed E-state index contributed by atoms with van der Waals surface area (Å²) in [6, 6.07) is 10.5. The van der Waals surface area contributed by atoms with Crippen LogP contribution in [0, 0.1) is 0 Å². The Bertz CT molecular complexity index is 1530. The maximum Gasteiger partial charge on any atom is 0.339 e. The monoisotopic (exact) mass is 529 g/mol. The lowest BCUT2D eigenvalue weighted by Crippen LogP contribution is -2.19. The van der Waals surface area contributed by atoms with Gasteiger partial charge in [0.25, 0.3) is 0 Å². The van der Waals surface area contributed by atoms with Gasteiger partial charge in [0.2, 0.25) is 6.79 Å². The van der Waals surface area contributed by atoms with Crippen molar-refractivity contribution in [2.75, 3.05) is 12.0 Å². The first-order valence-corrected chi connectivity index (χ1v) is 13.0. The van der Waals surface area contributed by atoms with Crippen LogP contribution in [0.3, 0.4) is 0 Å². The third kappa shape index (κ3) is 5.53. The molecule has 39 heavy (non-hydrogen) atoms. The Kier molecular flexibility index (Phi) is 7.67. The summed E-state index contributed by atoms with van der Waals surface area (Å²) in [5.74, 6) is 0.0942. The molecule has 0 bridgehead atoms. The Balaban J connectivity index is 1.62. The summed E-state index contributed by atoms with van der Waals surface area (Å²) in [7, 11) is 0. The Morgan fingerprint density at radius 2 is 1.79 bits per heavy atom. The summed E-state index contributed by atoms with van der Waals surface area (Å²) in [5, 5.41) is 22.6. The highest BCUT2D eigenvalue weighted by atomic mass is 16.8. The molecule has 1 aliphatic carbocycles. The van der Waals surface area contributed by atoms with E-state index >= 15 is 0 Å². The van der Waals surface area contributed by atoms with E-state index in [1.165, 1.54) is 11.6 Å². The lowest BCUT2D eigenvalue weighted by atomic mass is 9.95. The number of ether oxygens (including phenoxy) is 3. The third-order valence-electron chi connectivity index (χ3n) is 7.17. The van der Waals surface area contributed by atoms with Crippen LogP contribution in [0.2, 0.25) is 0 Å². The highest BCUT2D eigenvalue weighted by Gasteiger charge is 2.29. The molecule has 2 aliphatic rings. The number of carbonyl (C=O) groups excluding carboxylic acids is 2. The summed E-state index contributed by atoms with van der Waals surface area (Å²) in [4.78, 5) is 25.7. The number of hydrogen-bond acceptors (Lipinski definition) is 8. The smallest absolute Gasteiger partial charge is 0.339 e. The number of fused-ring (bicyclic) bond motifs is 5. The number of nitrogens with zero attached hydrogens (tertiary/aromatic N) is 1. The van der Waals surface area contributed by atoms with Crippen molar-refractivity contribution in [3.05, 3.63) is 76.9 Å². The molecule has 0 spiro atoms. The molecule has 5 rings (SSSR count). The molecule has 1 aliphatic heterocycles. The number of anilines is 1. The fourth-order valence-electron chi connectivity index (χ4n) is 5.24. The largest absolute Gasteiger partial charge is 0.454 e. The second kappa shape index (κ2) is 11.3. The van der Waals surface area contributed by atoms with Gasteiger partial charge in [-0.05, 0) is 74.1 Å². The minimum absolute atomic E-state index is 0.00347. The van der Waals surface area contributed by atoms with E-state index in [9.17, 15) is 20.0 Å². The first kappa shape index (κ1) is 26.5. The summed E-state index contributed by atoms with van der Waals surface area (Å²) in [5.41, 5.74) is 2.98. The summed E-state index contributed by atoms with van der Waals surface area (Å²) < 4.78 is 17.4. The van der Waals surface area contributed by atoms with Crippen LogP contribution in [-0.2, 0) is 9.53 Å². The number of benzene rings is 3. The minimum Gasteiger partial charge on any atom is -0.454 e. The van der Waals surface area contributed by atoms with E-state index in [0.717, 1.165) is 41.9 Å². The molecule has 0 saturated heterocycles. The van der Waals surface area contributed by atoms with Gasteiger partial charge in [0, 0.05) is 17.2 Å². The summed E-state index contributed by atoms with van der Waals surface area (Å²) in [6.07, 6.45) is 9.61. The van der Waals surface area contributed by atoms with Crippen LogP contribution in [0.1, 0.15) is 56.3 Å². The molecule has 1 atom stereocenters. The van der Waals surface area contributed by atoms with Gasteiger partial charge in [-0.2, -0.15) is 0 Å². The minimum atomic E-state index is -0.692. The molecule has 8 heteroatoms. The normalized spacial score (nSPS) is 21.9. The molecule has 1 heterocycles. The van der Waals surface area contributed by atoms with E-state index in [1.807, 2.05) is 31.2 Å². The average Bonchev–Trinajstić information content (AvgIpc) is 3.39. The van der Waals surface area contributed by atoms with E-state index in [4.69, 9.17) is 14.2 Å². The number of rotatable bonds is 4. The molecule has 0 unspecified atom stereocenters. The van der Waals surface area contributed by atoms with Crippen LogP contribution in [0.25, 0.3) is 21.5 Å². The molecule has 8 nitrogen and oxygen atoms in total. The zero-order valence-corrected chi connectivity index (χ0v) is 22.0. The zero-order chi connectivity index (χ0) is 27.5. The van der Waals surface area contributed by atoms with Crippen LogP contribution in [-0.4, -0.2) is 35.6 Å². The van der Waals surface area contributed by atoms with Crippen molar-refractivity contribution in [3.8, 4) is 11.5 Å². The maximum absolute atomic E-state index is 13.8. The van der Waals surface area contributed by atoms with Gasteiger partial charge >= 0.3 is 5.97 Å². The lowest BCUT2D eigenvalue weighted by molar-refractivity contribution is -0.105. The molecule has 0 amide bonds. The molecule has 3 aromatic rings. The van der Waals surface area contributed by atoms with Crippen LogP contribution >= 0.6 is 0 Å². The molecule has 0 aromatic heterocycles. The Labute approximate surface area is 226 Å². The van der Waals surface area contributed by atoms with Crippen LogP contribution in [0.15, 0.2) is 71.3 Å². The highest BCUT2D eigenvalue weighted by Crippen LogP contribution is 2.47. The van der Waals surface area contributed by atoms with Gasteiger partial charge in [0.1, 0.15) is 18.1 Å². The van der Waals surface area contributed by atoms with E-state index in [0.29, 0.717) is 35.3 Å². The Hall–Kier alpha value is -4.14. The van der Waals surface area contributed by atoms with Gasteiger partial charge in [-0.25, -0.2) is 4.79 Å². The summed E-state index contributed by atoms with van der Waals surface area (Å²) in [6.45, 7) is 4.04. The molecular weight excluding hydrogens is 498 g/mol. The van der Waals surface area contributed by atoms with Gasteiger partial charge in [0.15, 0.2) is 11.5 Å². The van der Waals surface area contributed by atoms with Crippen molar-refractivity contribution in [2.24, 2.45) is 0 Å². The summed E-state index contributed by atoms with van der Waals surface area (Å²) >= 11 is 0. The Morgan fingerprint density at radius 3 is 2.59 bits per heavy atom. The van der Waals surface area contributed by atoms with Gasteiger partial charge < -0.3 is 14.2 Å². The van der Waals surface area contributed by atoms with Crippen molar-refractivity contribution in [2.45, 2.75) is 52.1 Å². The number of hydrogen-bond donors (Lipinski definition) is 2. The van der Waals surface area contributed by atoms with Crippen molar-refractivity contribution in [1.29, 1.82) is 0 Å². The second-order valence-electron chi connectivity index (χ2n) is 10.00. The van der Waals surface area contributed by atoms with Crippen molar-refractivity contribution in [3.63, 3.8) is 0 Å². The van der Waals surface area contributed by atoms with Gasteiger partial charge in [0.05, 0.1) is 5.56 Å². The standard InChI is InChI=1S/C31H31NO7/c1-19-7-5-9-20(2)13-23(14-21(17-33)10-6-8-19)39-31(34)25-16-27-30(38-18-37-27)29-24-12-4-3-11-22(24)15-26(28(25)29)32(35)36/h3-4,8-9,11-12,14-17,23,35-36H,5-7,10,13,18H2,1-2H3/b19-8+,20-9+,21-14+/t23-/m1/s1. The molecule has 0 saturated carbocycles. The molecule has 202 valence electrons. The molecular formula is C31H31NO7. The first-order valence-electron chi connectivity index (χ1n) is 13.0. The van der Waals surface area contributed by atoms with Crippen molar-refractivity contribution in [1.82, 2.24) is 0 Å². The fraction of sp³-hybridized carbons (Fsp3) is 0.290. The van der Waals surface area contributed by atoms with Gasteiger partial charge in [-0.1, -0.05) is 47.6 Å². The van der Waals surface area contributed by atoms with Crippen LogP contribution in [0.5, 0.6) is 11.5 Å². The molecule has 3 aromatic carbocycles. The average molecular weight is 530 g/mol. The zero-order valence-electron chi connectivity index (χ0n) is 22.0. The first-order chi connectivity index (χ1) is 18.9. The van der Waals surface area contributed by atoms with Crippen LogP contribution in [0.4, 0.5) is 5.69 Å². The quantitative estimate of drug-likeness (QED) is 0.125. The number of carbonyl (C=O) groups is 2. The number of allylic oxidation sites excluding steroid dienone is 4. The predicted octanol–water partition coefficient (Wildman–Crippen LogP) is 6.81. The van der Waals surface area contributed by atoms with E-state index in [1.54, 1.807) is 12.1 Å². The maximum atomic E-state index is 13.8. The fourth-order valence-corrected chi connectivity index (χ4v) is 5.24. The van der Waals surface area contributed by atoms with E-state index < -0.39 is 12.1 Å². The number of aldehydes is 1. The van der Waals surface area contributed by atoms with E-state index in [-0.39, 0.29) is 28.7 Å². The topological polar surface area (TPSA) is 106 Å². The third-order valence-corrected chi connectivity index (χ3v) is 7.17. The van der Waals surface area contributed by atoms with Gasteiger partial charge in [-0.3, -0.25) is 15.2 Å². The van der Waals surface area contributed by atoms with Crippen molar-refractivity contribution >= 4 is 39.5 Å². The molecule has 2 N–H and O–H groups in total. The highest BCUT2D eigenvalue weighted by molar-refractivity contribution is 6.22. The van der Waals surface area contributed by atoms with E-state index in [2.05, 4.69) is 19.1 Å². The molecule has 0 fully saturated rings. The number of esters is 1. The van der Waals surface area contributed by atoms with Gasteiger partial charge in [-0.15, -0.1) is 5.23 Å².